The van der Waals surface area contributed by atoms with Gasteiger partial charge >= 0.3 is 27.6 Å². The fourth-order valence-corrected chi connectivity index (χ4v) is 3.38. The van der Waals surface area contributed by atoms with Crippen molar-refractivity contribution in [2.45, 2.75) is 20.0 Å². The Morgan fingerprint density at radius 1 is 1.08 bits per heavy atom. The van der Waals surface area contributed by atoms with E-state index in [4.69, 9.17) is 10.2 Å². The van der Waals surface area contributed by atoms with Gasteiger partial charge < -0.3 is 24.2 Å². The number of carbonyl (C=O) groups is 2. The van der Waals surface area contributed by atoms with E-state index >= 15 is 0 Å². The Bertz CT molecular complexity index is 579. The zero-order valence-corrected chi connectivity index (χ0v) is 14.7. The van der Waals surface area contributed by atoms with Crippen LogP contribution in [-0.2, 0) is 36.6 Å². The van der Waals surface area contributed by atoms with Gasteiger partial charge in [-0.1, -0.05) is 13.2 Å². The summed E-state index contributed by atoms with van der Waals surface area (Å²) in [5.74, 6) is -2.66. The van der Waals surface area contributed by atoms with Crippen LogP contribution in [0.4, 0.5) is 0 Å². The smallest absolute Gasteiger partial charge is 0.394 e. The highest BCUT2D eigenvalue weighted by Gasteiger charge is 2.44. The van der Waals surface area contributed by atoms with Crippen LogP contribution >= 0.6 is 15.6 Å². The van der Waals surface area contributed by atoms with Gasteiger partial charge in [0, 0.05) is 11.1 Å². The van der Waals surface area contributed by atoms with Crippen molar-refractivity contribution >= 4 is 27.6 Å². The molecule has 0 bridgehead atoms. The van der Waals surface area contributed by atoms with E-state index in [1.807, 2.05) is 0 Å². The molecule has 11 nitrogen and oxygen atoms in total. The SMILES string of the molecule is C=C(C)C(=O)OP(=O)(OC(=O)C(=C)C)OP(=O)(O)OCC(O)CO. The number of phosphoric ester groups is 2. The lowest BCUT2D eigenvalue weighted by Gasteiger charge is -2.19. The fourth-order valence-electron chi connectivity index (χ4n) is 0.794. The summed E-state index contributed by atoms with van der Waals surface area (Å²) in [4.78, 5) is 32.3. The average molecular weight is 388 g/mol. The molecule has 0 aliphatic carbocycles. The highest BCUT2D eigenvalue weighted by atomic mass is 31.3. The molecule has 0 rings (SSSR count). The molecule has 138 valence electrons. The van der Waals surface area contributed by atoms with Crippen LogP contribution < -0.4 is 0 Å². The van der Waals surface area contributed by atoms with Crippen LogP contribution in [0.15, 0.2) is 24.3 Å². The summed E-state index contributed by atoms with van der Waals surface area (Å²) < 4.78 is 40.9. The minimum absolute atomic E-state index is 0.269. The van der Waals surface area contributed by atoms with Gasteiger partial charge in [0.05, 0.1) is 13.2 Å². The highest BCUT2D eigenvalue weighted by Crippen LogP contribution is 2.63. The number of hydrogen-bond acceptors (Lipinski definition) is 10. The monoisotopic (exact) mass is 388 g/mol. The van der Waals surface area contributed by atoms with Gasteiger partial charge in [-0.15, -0.1) is 0 Å². The molecule has 13 heteroatoms. The van der Waals surface area contributed by atoms with Crippen molar-refractivity contribution in [1.82, 2.24) is 0 Å². The standard InChI is InChI=1S/C11H18O11P2/c1-7(2)10(14)20-24(18,21-11(15)8(3)4)22-23(16,17)19-6-9(13)5-12/h9,12-13H,1,3,5-6H2,2,4H3,(H,16,17). The van der Waals surface area contributed by atoms with E-state index in [1.165, 1.54) is 13.8 Å². The number of hydrogen-bond donors (Lipinski definition) is 3. The number of rotatable bonds is 10. The van der Waals surface area contributed by atoms with Crippen LogP contribution in [0.25, 0.3) is 0 Å². The van der Waals surface area contributed by atoms with Crippen LogP contribution in [-0.4, -0.2) is 46.4 Å². The first-order valence-corrected chi connectivity index (χ1v) is 9.14. The van der Waals surface area contributed by atoms with Gasteiger partial charge in [0.1, 0.15) is 6.10 Å². The molecule has 0 aromatic heterocycles. The Labute approximate surface area is 137 Å². The van der Waals surface area contributed by atoms with E-state index in [0.717, 1.165) is 0 Å². The molecule has 0 aromatic carbocycles. The molecule has 3 N–H and O–H groups in total. The first-order chi connectivity index (χ1) is 10.8. The second kappa shape index (κ2) is 9.24. The number of carbonyl (C=O) groups excluding carboxylic acids is 2. The zero-order valence-electron chi connectivity index (χ0n) is 12.9. The Balaban J connectivity index is 5.31. The first-order valence-electron chi connectivity index (χ1n) is 6.18. The highest BCUT2D eigenvalue weighted by molar-refractivity contribution is 7.62. The molecule has 2 unspecified atom stereocenters. The molecular formula is C11H18O11P2. The molecule has 0 aromatic rings. The third kappa shape index (κ3) is 8.51. The predicted molar refractivity (Wildman–Crippen MR) is 79.4 cm³/mol. The van der Waals surface area contributed by atoms with Crippen molar-refractivity contribution in [3.05, 3.63) is 24.3 Å². The van der Waals surface area contributed by atoms with Crippen molar-refractivity contribution in [2.75, 3.05) is 13.2 Å². The lowest BCUT2D eigenvalue weighted by atomic mass is 10.4. The first kappa shape index (κ1) is 22.7. The number of aliphatic hydroxyl groups excluding tert-OH is 2. The summed E-state index contributed by atoms with van der Waals surface area (Å²) in [7, 11) is -10.4. The molecule has 24 heavy (non-hydrogen) atoms. The summed E-state index contributed by atoms with van der Waals surface area (Å²) in [6, 6.07) is 0. The predicted octanol–water partition coefficient (Wildman–Crippen LogP) is 0.820. The molecule has 0 fully saturated rings. The Hall–Kier alpha value is -1.32. The maximum absolute atomic E-state index is 12.3. The van der Waals surface area contributed by atoms with Gasteiger partial charge in [0.15, 0.2) is 0 Å². The van der Waals surface area contributed by atoms with Crippen molar-refractivity contribution in [2.24, 2.45) is 0 Å². The molecule has 0 aliphatic rings. The molecule has 0 heterocycles. The number of phosphoric acid groups is 2. The maximum atomic E-state index is 12.3. The maximum Gasteiger partial charge on any atom is 0.601 e. The van der Waals surface area contributed by atoms with Crippen LogP contribution in [0.5, 0.6) is 0 Å². The van der Waals surface area contributed by atoms with Crippen LogP contribution in [0, 0.1) is 0 Å². The van der Waals surface area contributed by atoms with E-state index in [0.29, 0.717) is 0 Å². The summed E-state index contributed by atoms with van der Waals surface area (Å²) >= 11 is 0. The molecule has 0 saturated heterocycles. The minimum Gasteiger partial charge on any atom is -0.394 e. The van der Waals surface area contributed by atoms with Gasteiger partial charge in [0.25, 0.3) is 0 Å². The lowest BCUT2D eigenvalue weighted by molar-refractivity contribution is -0.135. The summed E-state index contributed by atoms with van der Waals surface area (Å²) in [6.45, 7) is 7.03. The van der Waals surface area contributed by atoms with Crippen LogP contribution in [0.1, 0.15) is 13.8 Å². The molecule has 0 aliphatic heterocycles. The summed E-state index contributed by atoms with van der Waals surface area (Å²) in [6.07, 6.45) is -1.54. The molecule has 0 spiro atoms. The van der Waals surface area contributed by atoms with E-state index in [2.05, 4.69) is 31.0 Å². The quantitative estimate of drug-likeness (QED) is 0.358. The van der Waals surface area contributed by atoms with Crippen molar-refractivity contribution in [3.8, 4) is 0 Å². The Morgan fingerprint density at radius 3 is 1.83 bits per heavy atom. The van der Waals surface area contributed by atoms with E-state index in [1.54, 1.807) is 0 Å². The van der Waals surface area contributed by atoms with Gasteiger partial charge in [-0.25, -0.2) is 18.7 Å². The Kier molecular flexibility index (Phi) is 8.73. The van der Waals surface area contributed by atoms with Gasteiger partial charge in [0.2, 0.25) is 0 Å². The van der Waals surface area contributed by atoms with E-state index < -0.39 is 46.9 Å². The summed E-state index contributed by atoms with van der Waals surface area (Å²) in [5.41, 5.74) is -0.538. The second-order valence-corrected chi connectivity index (χ2v) is 7.56. The molecular weight excluding hydrogens is 370 g/mol. The van der Waals surface area contributed by atoms with Gasteiger partial charge in [-0.3, -0.25) is 4.52 Å². The lowest BCUT2D eigenvalue weighted by Crippen LogP contribution is -2.19. The third-order valence-electron chi connectivity index (χ3n) is 1.93. The largest absolute Gasteiger partial charge is 0.601 e. The fraction of sp³-hybridized carbons (Fsp3) is 0.455. The normalized spacial score (nSPS) is 15.0. The topological polar surface area (TPSA) is 166 Å². The average Bonchev–Trinajstić information content (AvgIpc) is 2.43. The van der Waals surface area contributed by atoms with Crippen molar-refractivity contribution in [1.29, 1.82) is 0 Å². The van der Waals surface area contributed by atoms with Crippen molar-refractivity contribution in [3.63, 3.8) is 0 Å². The van der Waals surface area contributed by atoms with Gasteiger partial charge in [-0.2, -0.15) is 4.31 Å². The number of aliphatic hydroxyl groups is 2. The second-order valence-electron chi connectivity index (χ2n) is 4.45. The molecule has 2 atom stereocenters. The van der Waals surface area contributed by atoms with E-state index in [9.17, 15) is 23.6 Å². The molecule has 0 radical (unpaired) electrons. The van der Waals surface area contributed by atoms with Gasteiger partial charge in [-0.05, 0) is 13.8 Å². The third-order valence-corrected chi connectivity index (χ3v) is 4.81. The Morgan fingerprint density at radius 2 is 1.50 bits per heavy atom. The zero-order chi connectivity index (χ0) is 19.1. The van der Waals surface area contributed by atoms with Crippen molar-refractivity contribution < 1.29 is 51.7 Å². The molecule has 0 amide bonds. The van der Waals surface area contributed by atoms with E-state index in [-0.39, 0.29) is 11.1 Å². The van der Waals surface area contributed by atoms with Crippen LogP contribution in [0.2, 0.25) is 0 Å². The van der Waals surface area contributed by atoms with Crippen LogP contribution in [0.3, 0.4) is 0 Å². The summed E-state index contributed by atoms with van der Waals surface area (Å²) in [5, 5.41) is 17.6. The minimum atomic E-state index is -5.23. The molecule has 0 saturated carbocycles.